The van der Waals surface area contributed by atoms with Crippen LogP contribution in [0.2, 0.25) is 0 Å². The third-order valence-corrected chi connectivity index (χ3v) is 3.70. The Kier molecular flexibility index (Phi) is 5.11. The first-order valence-electron chi connectivity index (χ1n) is 5.29. The van der Waals surface area contributed by atoms with E-state index >= 15 is 0 Å². The van der Waals surface area contributed by atoms with Crippen LogP contribution in [0.1, 0.15) is 12.8 Å². The second kappa shape index (κ2) is 6.36. The molecule has 1 rings (SSSR count). The summed E-state index contributed by atoms with van der Waals surface area (Å²) >= 11 is 0. The van der Waals surface area contributed by atoms with Gasteiger partial charge < -0.3 is 14.6 Å². The Morgan fingerprint density at radius 3 is 2.44 bits per heavy atom. The Morgan fingerprint density at radius 1 is 1.33 bits per heavy atom. The van der Waals surface area contributed by atoms with E-state index in [9.17, 15) is 18.3 Å². The minimum atomic E-state index is -3.60. The maximum atomic E-state index is 11.8. The molecule has 0 saturated carbocycles. The SMILES string of the molecule is COc1ccc(S(=O)(=O)NCCCC(=O)[O-])cc1. The number of carbonyl (C=O) groups is 1. The van der Waals surface area contributed by atoms with Crippen LogP contribution in [-0.4, -0.2) is 28.0 Å². The fourth-order valence-corrected chi connectivity index (χ4v) is 2.35. The van der Waals surface area contributed by atoms with Gasteiger partial charge in [-0.05, 0) is 37.1 Å². The number of aliphatic carboxylic acids is 1. The molecule has 6 nitrogen and oxygen atoms in total. The van der Waals surface area contributed by atoms with Crippen LogP contribution >= 0.6 is 0 Å². The predicted molar refractivity (Wildman–Crippen MR) is 62.4 cm³/mol. The van der Waals surface area contributed by atoms with Crippen LogP contribution in [0.25, 0.3) is 0 Å². The minimum absolute atomic E-state index is 0.0579. The first-order chi connectivity index (χ1) is 8.45. The van der Waals surface area contributed by atoms with Crippen LogP contribution in [0.5, 0.6) is 5.75 Å². The number of methoxy groups -OCH3 is 1. The topological polar surface area (TPSA) is 95.5 Å². The van der Waals surface area contributed by atoms with E-state index in [0.717, 1.165) is 0 Å². The van der Waals surface area contributed by atoms with Gasteiger partial charge in [-0.25, -0.2) is 13.1 Å². The maximum Gasteiger partial charge on any atom is 0.240 e. The summed E-state index contributed by atoms with van der Waals surface area (Å²) in [5.74, 6) is -0.635. The highest BCUT2D eigenvalue weighted by Gasteiger charge is 2.12. The zero-order chi connectivity index (χ0) is 13.6. The van der Waals surface area contributed by atoms with Crippen molar-refractivity contribution in [2.75, 3.05) is 13.7 Å². The Morgan fingerprint density at radius 2 is 1.94 bits per heavy atom. The molecule has 0 heterocycles. The zero-order valence-corrected chi connectivity index (χ0v) is 10.7. The van der Waals surface area contributed by atoms with Gasteiger partial charge in [-0.1, -0.05) is 0 Å². The van der Waals surface area contributed by atoms with Gasteiger partial charge in [-0.2, -0.15) is 0 Å². The molecule has 0 aliphatic heterocycles. The van der Waals surface area contributed by atoms with Crippen molar-refractivity contribution in [2.45, 2.75) is 17.7 Å². The molecule has 0 bridgehead atoms. The molecule has 1 N–H and O–H groups in total. The maximum absolute atomic E-state index is 11.8. The van der Waals surface area contributed by atoms with Crippen molar-refractivity contribution >= 4 is 16.0 Å². The van der Waals surface area contributed by atoms with Crippen LogP contribution < -0.4 is 14.6 Å². The highest BCUT2D eigenvalue weighted by Crippen LogP contribution is 2.15. The van der Waals surface area contributed by atoms with Crippen molar-refractivity contribution in [1.29, 1.82) is 0 Å². The molecule has 1 aromatic carbocycles. The molecule has 0 radical (unpaired) electrons. The highest BCUT2D eigenvalue weighted by atomic mass is 32.2. The first-order valence-corrected chi connectivity index (χ1v) is 6.77. The average molecular weight is 272 g/mol. The van der Waals surface area contributed by atoms with Gasteiger partial charge >= 0.3 is 0 Å². The number of carbonyl (C=O) groups excluding carboxylic acids is 1. The lowest BCUT2D eigenvalue weighted by Crippen LogP contribution is -2.27. The Hall–Kier alpha value is -1.60. The quantitative estimate of drug-likeness (QED) is 0.675. The van der Waals surface area contributed by atoms with Crippen LogP contribution in [0.3, 0.4) is 0 Å². The number of benzene rings is 1. The zero-order valence-electron chi connectivity index (χ0n) is 9.88. The molecule has 0 unspecified atom stereocenters. The van der Waals surface area contributed by atoms with Gasteiger partial charge in [-0.3, -0.25) is 0 Å². The summed E-state index contributed by atoms with van der Waals surface area (Å²) in [4.78, 5) is 10.3. The summed E-state index contributed by atoms with van der Waals surface area (Å²) < 4.78 is 30.8. The lowest BCUT2D eigenvalue weighted by molar-refractivity contribution is -0.305. The molecular formula is C11H14NO5S-. The van der Waals surface area contributed by atoms with Crippen molar-refractivity contribution < 1.29 is 23.1 Å². The van der Waals surface area contributed by atoms with E-state index in [-0.39, 0.29) is 24.3 Å². The molecule has 0 aliphatic carbocycles. The minimum Gasteiger partial charge on any atom is -0.550 e. The molecule has 0 spiro atoms. The Bertz CT molecular complexity index is 495. The van der Waals surface area contributed by atoms with E-state index in [0.29, 0.717) is 5.75 Å². The molecule has 0 aromatic heterocycles. The summed E-state index contributed by atoms with van der Waals surface area (Å²) in [7, 11) is -2.11. The lowest BCUT2D eigenvalue weighted by atomic mass is 10.3. The molecule has 18 heavy (non-hydrogen) atoms. The van der Waals surface area contributed by atoms with Crippen molar-refractivity contribution in [1.82, 2.24) is 4.72 Å². The van der Waals surface area contributed by atoms with Crippen LogP contribution in [-0.2, 0) is 14.8 Å². The number of rotatable bonds is 7. The molecular weight excluding hydrogens is 258 g/mol. The van der Waals surface area contributed by atoms with Gasteiger partial charge in [-0.15, -0.1) is 0 Å². The number of hydrogen-bond acceptors (Lipinski definition) is 5. The van der Waals surface area contributed by atoms with E-state index in [4.69, 9.17) is 4.74 Å². The number of hydrogen-bond donors (Lipinski definition) is 1. The number of ether oxygens (including phenoxy) is 1. The number of nitrogens with one attached hydrogen (secondary N) is 1. The molecule has 0 aliphatic rings. The summed E-state index contributed by atoms with van der Waals surface area (Å²) in [5, 5.41) is 10.2. The fourth-order valence-electron chi connectivity index (χ4n) is 1.28. The highest BCUT2D eigenvalue weighted by molar-refractivity contribution is 7.89. The van der Waals surface area contributed by atoms with Crippen LogP contribution in [0.4, 0.5) is 0 Å². The monoisotopic (exact) mass is 272 g/mol. The van der Waals surface area contributed by atoms with E-state index < -0.39 is 16.0 Å². The van der Waals surface area contributed by atoms with E-state index in [1.165, 1.54) is 31.4 Å². The van der Waals surface area contributed by atoms with Gasteiger partial charge in [0.05, 0.1) is 12.0 Å². The van der Waals surface area contributed by atoms with E-state index in [1.807, 2.05) is 0 Å². The van der Waals surface area contributed by atoms with Gasteiger partial charge in [0.25, 0.3) is 0 Å². The van der Waals surface area contributed by atoms with Gasteiger partial charge in [0.1, 0.15) is 5.75 Å². The largest absolute Gasteiger partial charge is 0.550 e. The molecule has 0 fully saturated rings. The second-order valence-corrected chi connectivity index (χ2v) is 5.32. The van der Waals surface area contributed by atoms with E-state index in [2.05, 4.69) is 4.72 Å². The van der Waals surface area contributed by atoms with Gasteiger partial charge in [0.15, 0.2) is 0 Å². The number of sulfonamides is 1. The molecule has 7 heteroatoms. The predicted octanol–water partition coefficient (Wildman–Crippen LogP) is -0.496. The molecule has 100 valence electrons. The van der Waals surface area contributed by atoms with Gasteiger partial charge in [0.2, 0.25) is 10.0 Å². The first kappa shape index (κ1) is 14.5. The average Bonchev–Trinajstić information content (AvgIpc) is 2.34. The van der Waals surface area contributed by atoms with Crippen molar-refractivity contribution in [3.05, 3.63) is 24.3 Å². The van der Waals surface area contributed by atoms with Crippen molar-refractivity contribution in [2.24, 2.45) is 0 Å². The normalized spacial score (nSPS) is 11.2. The smallest absolute Gasteiger partial charge is 0.240 e. The lowest BCUT2D eigenvalue weighted by Gasteiger charge is -2.07. The van der Waals surface area contributed by atoms with Crippen molar-refractivity contribution in [3.8, 4) is 5.75 Å². The van der Waals surface area contributed by atoms with Crippen molar-refractivity contribution in [3.63, 3.8) is 0 Å². The summed E-state index contributed by atoms with van der Waals surface area (Å²) in [6.07, 6.45) is 0.0167. The molecule has 0 saturated heterocycles. The number of carboxylic acid groups (broad SMARTS) is 1. The van der Waals surface area contributed by atoms with Crippen LogP contribution in [0, 0.1) is 0 Å². The van der Waals surface area contributed by atoms with Gasteiger partial charge in [0, 0.05) is 12.5 Å². The number of carboxylic acids is 1. The third-order valence-electron chi connectivity index (χ3n) is 2.22. The molecule has 1 aromatic rings. The summed E-state index contributed by atoms with van der Waals surface area (Å²) in [5.41, 5.74) is 0. The fraction of sp³-hybridized carbons (Fsp3) is 0.364. The standard InChI is InChI=1S/C11H15NO5S/c1-17-9-4-6-10(7-5-9)18(15,16)12-8-2-3-11(13)14/h4-7,12H,2-3,8H2,1H3,(H,13,14)/p-1. The summed E-state index contributed by atoms with van der Waals surface area (Å²) in [6, 6.07) is 5.91. The Labute approximate surface area is 106 Å². The molecule has 0 amide bonds. The summed E-state index contributed by atoms with van der Waals surface area (Å²) in [6.45, 7) is 0.0579. The van der Waals surface area contributed by atoms with E-state index in [1.54, 1.807) is 0 Å². The Balaban J connectivity index is 2.59. The second-order valence-electron chi connectivity index (χ2n) is 3.55. The molecule has 0 atom stereocenters. The van der Waals surface area contributed by atoms with Crippen LogP contribution in [0.15, 0.2) is 29.2 Å². The third kappa shape index (κ3) is 4.34.